The van der Waals surface area contributed by atoms with Crippen LogP contribution in [0.5, 0.6) is 0 Å². The van der Waals surface area contributed by atoms with Crippen LogP contribution in [0.3, 0.4) is 0 Å². The second-order valence-corrected chi connectivity index (χ2v) is 4.06. The molecule has 80 valence electrons. The molecule has 2 heterocycles. The van der Waals surface area contributed by atoms with Crippen molar-refractivity contribution in [2.75, 3.05) is 0 Å². The summed E-state index contributed by atoms with van der Waals surface area (Å²) in [7, 11) is 1.96. The van der Waals surface area contributed by atoms with Gasteiger partial charge in [0.2, 0.25) is 0 Å². The molecule has 15 heavy (non-hydrogen) atoms. The van der Waals surface area contributed by atoms with Crippen LogP contribution in [0.1, 0.15) is 38.2 Å². The summed E-state index contributed by atoms with van der Waals surface area (Å²) in [5.74, 6) is 1.28. The lowest BCUT2D eigenvalue weighted by molar-refractivity contribution is 0.797. The predicted octanol–water partition coefficient (Wildman–Crippen LogP) is 2.05. The van der Waals surface area contributed by atoms with Gasteiger partial charge in [0.05, 0.1) is 12.0 Å². The van der Waals surface area contributed by atoms with E-state index >= 15 is 0 Å². The van der Waals surface area contributed by atoms with Gasteiger partial charge in [0.25, 0.3) is 0 Å². The Kier molecular flexibility index (Phi) is 2.42. The molecule has 0 atom stereocenters. The van der Waals surface area contributed by atoms with E-state index in [0.717, 1.165) is 29.1 Å². The average molecular weight is 204 g/mol. The van der Waals surface area contributed by atoms with Gasteiger partial charge in [0.1, 0.15) is 11.3 Å². The number of aromatic nitrogens is 4. The number of imidazole rings is 1. The molecule has 0 amide bonds. The van der Waals surface area contributed by atoms with Gasteiger partial charge in [0.15, 0.2) is 5.65 Å². The molecular formula is C11H16N4. The summed E-state index contributed by atoms with van der Waals surface area (Å²) in [5.41, 5.74) is 2.92. The first-order valence-corrected chi connectivity index (χ1v) is 5.31. The van der Waals surface area contributed by atoms with Crippen LogP contribution in [0.25, 0.3) is 11.2 Å². The second-order valence-electron chi connectivity index (χ2n) is 4.06. The molecule has 0 unspecified atom stereocenters. The third-order valence-electron chi connectivity index (χ3n) is 2.50. The minimum atomic E-state index is 0.385. The Morgan fingerprint density at radius 1 is 1.33 bits per heavy atom. The maximum Gasteiger partial charge on any atom is 0.163 e. The normalized spacial score (nSPS) is 11.5. The zero-order chi connectivity index (χ0) is 11.0. The molecule has 0 spiro atoms. The maximum atomic E-state index is 4.55. The minimum Gasteiger partial charge on any atom is -0.318 e. The molecule has 0 aliphatic heterocycles. The highest BCUT2D eigenvalue weighted by Gasteiger charge is 2.13. The molecule has 0 radical (unpaired) electrons. The lowest BCUT2D eigenvalue weighted by Crippen LogP contribution is -2.03. The van der Waals surface area contributed by atoms with Crippen LogP contribution >= 0.6 is 0 Å². The van der Waals surface area contributed by atoms with Gasteiger partial charge < -0.3 is 4.57 Å². The van der Waals surface area contributed by atoms with Crippen molar-refractivity contribution in [3.05, 3.63) is 17.8 Å². The van der Waals surface area contributed by atoms with Crippen molar-refractivity contribution < 1.29 is 0 Å². The fourth-order valence-electron chi connectivity index (χ4n) is 1.64. The number of nitrogens with zero attached hydrogens (tertiary/aromatic N) is 4. The largest absolute Gasteiger partial charge is 0.318 e. The molecule has 2 rings (SSSR count). The monoisotopic (exact) mass is 204 g/mol. The van der Waals surface area contributed by atoms with E-state index in [1.807, 2.05) is 11.6 Å². The number of hydrogen-bond donors (Lipinski definition) is 0. The zero-order valence-electron chi connectivity index (χ0n) is 9.65. The topological polar surface area (TPSA) is 43.6 Å². The molecule has 0 saturated carbocycles. The third-order valence-corrected chi connectivity index (χ3v) is 2.50. The van der Waals surface area contributed by atoms with Crippen molar-refractivity contribution in [2.24, 2.45) is 7.05 Å². The molecule has 4 nitrogen and oxygen atoms in total. The molecule has 0 N–H and O–H groups in total. The summed E-state index contributed by atoms with van der Waals surface area (Å²) in [6.45, 7) is 6.34. The van der Waals surface area contributed by atoms with Gasteiger partial charge in [-0.2, -0.15) is 0 Å². The molecule has 0 saturated heterocycles. The Hall–Kier alpha value is -1.45. The van der Waals surface area contributed by atoms with Gasteiger partial charge >= 0.3 is 0 Å². The van der Waals surface area contributed by atoms with E-state index in [0.29, 0.717) is 5.92 Å². The average Bonchev–Trinajstić information content (AvgIpc) is 2.59. The predicted molar refractivity (Wildman–Crippen MR) is 59.8 cm³/mol. The highest BCUT2D eigenvalue weighted by Crippen LogP contribution is 2.20. The van der Waals surface area contributed by atoms with E-state index in [2.05, 4.69) is 35.7 Å². The van der Waals surface area contributed by atoms with Gasteiger partial charge in [0, 0.05) is 13.5 Å². The molecule has 0 aromatic carbocycles. The smallest absolute Gasteiger partial charge is 0.163 e. The summed E-state index contributed by atoms with van der Waals surface area (Å²) in [4.78, 5) is 13.4. The molecule has 0 aliphatic rings. The molecule has 0 aliphatic carbocycles. The third kappa shape index (κ3) is 1.60. The summed E-state index contributed by atoms with van der Waals surface area (Å²) in [6.07, 6.45) is 2.66. The fraction of sp³-hybridized carbons (Fsp3) is 0.545. The number of rotatable bonds is 2. The Bertz CT molecular complexity index is 485. The van der Waals surface area contributed by atoms with Gasteiger partial charge in [-0.05, 0) is 5.92 Å². The standard InChI is InChI=1S/C11H16N4/c1-5-8-13-9(7(2)3)10-11(14-8)15(4)6-12-10/h6-7H,5H2,1-4H3. The lowest BCUT2D eigenvalue weighted by Gasteiger charge is -2.07. The molecule has 0 bridgehead atoms. The van der Waals surface area contributed by atoms with Gasteiger partial charge in [-0.3, -0.25) is 0 Å². The van der Waals surface area contributed by atoms with Crippen LogP contribution in [0, 0.1) is 0 Å². The van der Waals surface area contributed by atoms with Crippen molar-refractivity contribution in [3.8, 4) is 0 Å². The quantitative estimate of drug-likeness (QED) is 0.752. The van der Waals surface area contributed by atoms with Crippen molar-refractivity contribution in [2.45, 2.75) is 33.1 Å². The van der Waals surface area contributed by atoms with Crippen LogP contribution in [0.2, 0.25) is 0 Å². The first-order chi connectivity index (χ1) is 7.13. The van der Waals surface area contributed by atoms with E-state index in [4.69, 9.17) is 0 Å². The molecule has 2 aromatic rings. The number of aryl methyl sites for hydroxylation is 2. The highest BCUT2D eigenvalue weighted by atomic mass is 15.1. The molecule has 2 aromatic heterocycles. The van der Waals surface area contributed by atoms with E-state index in [9.17, 15) is 0 Å². The van der Waals surface area contributed by atoms with E-state index in [1.54, 1.807) is 6.33 Å². The summed E-state index contributed by atoms with van der Waals surface area (Å²) >= 11 is 0. The Morgan fingerprint density at radius 2 is 2.07 bits per heavy atom. The van der Waals surface area contributed by atoms with Crippen LogP contribution in [0.15, 0.2) is 6.33 Å². The number of hydrogen-bond acceptors (Lipinski definition) is 3. The van der Waals surface area contributed by atoms with Gasteiger partial charge in [-0.15, -0.1) is 0 Å². The molecule has 4 heteroatoms. The summed E-state index contributed by atoms with van der Waals surface area (Å²) < 4.78 is 1.95. The Balaban J connectivity index is 2.76. The van der Waals surface area contributed by atoms with Crippen LogP contribution in [-0.2, 0) is 13.5 Å². The fourth-order valence-corrected chi connectivity index (χ4v) is 1.64. The Labute approximate surface area is 89.4 Å². The van der Waals surface area contributed by atoms with Gasteiger partial charge in [-0.1, -0.05) is 20.8 Å². The van der Waals surface area contributed by atoms with E-state index in [-0.39, 0.29) is 0 Å². The number of fused-ring (bicyclic) bond motifs is 1. The SMILES string of the molecule is CCc1nc(C(C)C)c2ncn(C)c2n1. The summed E-state index contributed by atoms with van der Waals surface area (Å²) in [6, 6.07) is 0. The zero-order valence-corrected chi connectivity index (χ0v) is 9.65. The van der Waals surface area contributed by atoms with Crippen LogP contribution in [0.4, 0.5) is 0 Å². The highest BCUT2D eigenvalue weighted by molar-refractivity contribution is 5.73. The van der Waals surface area contributed by atoms with Crippen molar-refractivity contribution in [3.63, 3.8) is 0 Å². The Morgan fingerprint density at radius 3 is 2.67 bits per heavy atom. The van der Waals surface area contributed by atoms with E-state index in [1.165, 1.54) is 0 Å². The molecular weight excluding hydrogens is 188 g/mol. The second kappa shape index (κ2) is 3.61. The van der Waals surface area contributed by atoms with Crippen LogP contribution in [-0.4, -0.2) is 19.5 Å². The maximum absolute atomic E-state index is 4.55. The minimum absolute atomic E-state index is 0.385. The van der Waals surface area contributed by atoms with Crippen molar-refractivity contribution >= 4 is 11.2 Å². The van der Waals surface area contributed by atoms with Crippen molar-refractivity contribution in [1.82, 2.24) is 19.5 Å². The van der Waals surface area contributed by atoms with E-state index < -0.39 is 0 Å². The first kappa shape index (κ1) is 10.1. The lowest BCUT2D eigenvalue weighted by atomic mass is 10.1. The first-order valence-electron chi connectivity index (χ1n) is 5.31. The summed E-state index contributed by atoms with van der Waals surface area (Å²) in [5, 5.41) is 0. The van der Waals surface area contributed by atoms with Crippen molar-refractivity contribution in [1.29, 1.82) is 0 Å². The molecule has 0 fully saturated rings. The van der Waals surface area contributed by atoms with Gasteiger partial charge in [-0.25, -0.2) is 15.0 Å². The van der Waals surface area contributed by atoms with Crippen LogP contribution < -0.4 is 0 Å².